The third-order valence-corrected chi connectivity index (χ3v) is 3.92. The van der Waals surface area contributed by atoms with Crippen LogP contribution in [0.2, 0.25) is 0 Å². The molecule has 3 aromatic rings. The SMILES string of the molecule is CN(CCCn1ccnc1)Cc1nc2ccc(Br)cc2[nH]1. The standard InChI is InChI=1S/C15H18BrN5/c1-20(6-2-7-21-8-5-17-11-21)10-15-18-13-4-3-12(16)9-14(13)19-15/h3-5,8-9,11H,2,6-7,10H2,1H3,(H,18,19). The molecule has 0 unspecified atom stereocenters. The van der Waals surface area contributed by atoms with Crippen molar-refractivity contribution in [3.63, 3.8) is 0 Å². The van der Waals surface area contributed by atoms with E-state index in [1.807, 2.05) is 30.9 Å². The van der Waals surface area contributed by atoms with Gasteiger partial charge in [-0.25, -0.2) is 9.97 Å². The van der Waals surface area contributed by atoms with Crippen LogP contribution < -0.4 is 0 Å². The van der Waals surface area contributed by atoms with Gasteiger partial charge in [0.15, 0.2) is 0 Å². The third-order valence-electron chi connectivity index (χ3n) is 3.43. The summed E-state index contributed by atoms with van der Waals surface area (Å²) in [6.45, 7) is 2.85. The molecule has 0 bridgehead atoms. The number of benzene rings is 1. The van der Waals surface area contributed by atoms with Crippen LogP contribution in [0.5, 0.6) is 0 Å². The lowest BCUT2D eigenvalue weighted by Crippen LogP contribution is -2.20. The second-order valence-electron chi connectivity index (χ2n) is 5.24. The smallest absolute Gasteiger partial charge is 0.121 e. The molecule has 0 fully saturated rings. The number of aromatic amines is 1. The molecule has 0 saturated heterocycles. The summed E-state index contributed by atoms with van der Waals surface area (Å²) in [4.78, 5) is 14.3. The van der Waals surface area contributed by atoms with Crippen LogP contribution in [0.3, 0.4) is 0 Å². The number of hydrogen-bond acceptors (Lipinski definition) is 3. The zero-order valence-electron chi connectivity index (χ0n) is 12.0. The monoisotopic (exact) mass is 347 g/mol. The first-order valence-corrected chi connectivity index (χ1v) is 7.78. The van der Waals surface area contributed by atoms with Crippen molar-refractivity contribution >= 4 is 27.0 Å². The summed E-state index contributed by atoms with van der Waals surface area (Å²) >= 11 is 3.48. The lowest BCUT2D eigenvalue weighted by atomic mass is 10.3. The number of rotatable bonds is 6. The maximum atomic E-state index is 4.62. The van der Waals surface area contributed by atoms with Crippen molar-refractivity contribution in [3.05, 3.63) is 47.2 Å². The molecular weight excluding hydrogens is 330 g/mol. The molecule has 2 heterocycles. The van der Waals surface area contributed by atoms with E-state index in [-0.39, 0.29) is 0 Å². The number of imidazole rings is 2. The maximum Gasteiger partial charge on any atom is 0.121 e. The molecule has 0 aliphatic heterocycles. The Hall–Kier alpha value is -1.66. The normalized spacial score (nSPS) is 11.6. The first kappa shape index (κ1) is 14.3. The van der Waals surface area contributed by atoms with Gasteiger partial charge in [-0.2, -0.15) is 0 Å². The summed E-state index contributed by atoms with van der Waals surface area (Å²) in [6, 6.07) is 6.10. The fourth-order valence-corrected chi connectivity index (χ4v) is 2.75. The van der Waals surface area contributed by atoms with Gasteiger partial charge in [0.1, 0.15) is 5.82 Å². The molecule has 0 aliphatic rings. The Kier molecular flexibility index (Phi) is 4.36. The number of nitrogens with zero attached hydrogens (tertiary/aromatic N) is 4. The van der Waals surface area contributed by atoms with E-state index in [0.29, 0.717) is 0 Å². The first-order valence-electron chi connectivity index (χ1n) is 6.99. The summed E-state index contributed by atoms with van der Waals surface area (Å²) in [7, 11) is 2.12. The van der Waals surface area contributed by atoms with Crippen molar-refractivity contribution in [2.45, 2.75) is 19.5 Å². The number of halogens is 1. The van der Waals surface area contributed by atoms with E-state index >= 15 is 0 Å². The van der Waals surface area contributed by atoms with Crippen molar-refractivity contribution in [3.8, 4) is 0 Å². The van der Waals surface area contributed by atoms with Crippen LogP contribution in [0.4, 0.5) is 0 Å². The first-order chi connectivity index (χ1) is 10.2. The molecule has 21 heavy (non-hydrogen) atoms. The second kappa shape index (κ2) is 6.41. The van der Waals surface area contributed by atoms with E-state index in [1.165, 1.54) is 0 Å². The molecule has 0 aliphatic carbocycles. The average Bonchev–Trinajstić information content (AvgIpc) is 3.07. The van der Waals surface area contributed by atoms with Crippen LogP contribution in [0, 0.1) is 0 Å². The summed E-state index contributed by atoms with van der Waals surface area (Å²) in [5.41, 5.74) is 2.09. The van der Waals surface area contributed by atoms with Gasteiger partial charge in [0, 0.05) is 30.0 Å². The van der Waals surface area contributed by atoms with E-state index in [1.54, 1.807) is 0 Å². The highest BCUT2D eigenvalue weighted by molar-refractivity contribution is 9.10. The summed E-state index contributed by atoms with van der Waals surface area (Å²) in [6.07, 6.45) is 6.77. The molecule has 0 amide bonds. The van der Waals surface area contributed by atoms with Crippen LogP contribution in [-0.2, 0) is 13.1 Å². The number of H-pyrrole nitrogens is 1. The number of nitrogens with one attached hydrogen (secondary N) is 1. The van der Waals surface area contributed by atoms with Gasteiger partial charge in [-0.15, -0.1) is 0 Å². The van der Waals surface area contributed by atoms with Crippen LogP contribution in [0.25, 0.3) is 11.0 Å². The minimum absolute atomic E-state index is 0.830. The van der Waals surface area contributed by atoms with E-state index in [4.69, 9.17) is 0 Å². The Balaban J connectivity index is 1.54. The lowest BCUT2D eigenvalue weighted by Gasteiger charge is -2.14. The molecule has 5 nitrogen and oxygen atoms in total. The number of hydrogen-bond donors (Lipinski definition) is 1. The Morgan fingerprint density at radius 1 is 1.38 bits per heavy atom. The molecule has 1 N–H and O–H groups in total. The molecule has 0 saturated carbocycles. The van der Waals surface area contributed by atoms with Crippen molar-refractivity contribution in [1.82, 2.24) is 24.4 Å². The minimum Gasteiger partial charge on any atom is -0.341 e. The van der Waals surface area contributed by atoms with Crippen molar-refractivity contribution in [2.75, 3.05) is 13.6 Å². The highest BCUT2D eigenvalue weighted by Crippen LogP contribution is 2.18. The van der Waals surface area contributed by atoms with Crippen molar-refractivity contribution in [2.24, 2.45) is 0 Å². The Morgan fingerprint density at radius 3 is 3.10 bits per heavy atom. The second-order valence-corrected chi connectivity index (χ2v) is 6.15. The van der Waals surface area contributed by atoms with E-state index in [0.717, 1.165) is 47.4 Å². The summed E-state index contributed by atoms with van der Waals surface area (Å²) < 4.78 is 3.17. The van der Waals surface area contributed by atoms with Gasteiger partial charge < -0.3 is 9.55 Å². The van der Waals surface area contributed by atoms with Crippen molar-refractivity contribution in [1.29, 1.82) is 0 Å². The van der Waals surface area contributed by atoms with Crippen LogP contribution >= 0.6 is 15.9 Å². The van der Waals surface area contributed by atoms with Gasteiger partial charge in [0.2, 0.25) is 0 Å². The fraction of sp³-hybridized carbons (Fsp3) is 0.333. The topological polar surface area (TPSA) is 49.7 Å². The number of fused-ring (bicyclic) bond motifs is 1. The van der Waals surface area contributed by atoms with Crippen LogP contribution in [-0.4, -0.2) is 38.0 Å². The third kappa shape index (κ3) is 3.71. The Labute approximate surface area is 132 Å². The Morgan fingerprint density at radius 2 is 2.29 bits per heavy atom. The molecular formula is C15H18BrN5. The molecule has 2 aromatic heterocycles. The minimum atomic E-state index is 0.830. The maximum absolute atomic E-state index is 4.62. The zero-order valence-corrected chi connectivity index (χ0v) is 13.5. The average molecular weight is 348 g/mol. The molecule has 3 rings (SSSR count). The predicted octanol–water partition coefficient (Wildman–Crippen LogP) is 3.04. The highest BCUT2D eigenvalue weighted by atomic mass is 79.9. The predicted molar refractivity (Wildman–Crippen MR) is 87.0 cm³/mol. The van der Waals surface area contributed by atoms with Crippen LogP contribution in [0.1, 0.15) is 12.2 Å². The van der Waals surface area contributed by atoms with Crippen LogP contribution in [0.15, 0.2) is 41.4 Å². The largest absolute Gasteiger partial charge is 0.341 e. The van der Waals surface area contributed by atoms with Gasteiger partial charge >= 0.3 is 0 Å². The van der Waals surface area contributed by atoms with Gasteiger partial charge in [0.05, 0.1) is 23.9 Å². The number of aryl methyl sites for hydroxylation is 1. The van der Waals surface area contributed by atoms with Gasteiger partial charge in [-0.05, 0) is 31.7 Å². The lowest BCUT2D eigenvalue weighted by molar-refractivity contribution is 0.308. The molecule has 110 valence electrons. The van der Waals surface area contributed by atoms with E-state index in [9.17, 15) is 0 Å². The molecule has 0 radical (unpaired) electrons. The molecule has 0 atom stereocenters. The van der Waals surface area contributed by atoms with E-state index < -0.39 is 0 Å². The highest BCUT2D eigenvalue weighted by Gasteiger charge is 2.06. The van der Waals surface area contributed by atoms with Crippen molar-refractivity contribution < 1.29 is 0 Å². The van der Waals surface area contributed by atoms with Gasteiger partial charge in [0.25, 0.3) is 0 Å². The fourth-order valence-electron chi connectivity index (χ4n) is 2.39. The van der Waals surface area contributed by atoms with Gasteiger partial charge in [-0.1, -0.05) is 15.9 Å². The molecule has 6 heteroatoms. The molecule has 1 aromatic carbocycles. The summed E-state index contributed by atoms with van der Waals surface area (Å²) in [5.74, 6) is 1.01. The number of aromatic nitrogens is 4. The quantitative estimate of drug-likeness (QED) is 0.745. The van der Waals surface area contributed by atoms with E-state index in [2.05, 4.69) is 53.5 Å². The summed E-state index contributed by atoms with van der Waals surface area (Å²) in [5, 5.41) is 0. The molecule has 0 spiro atoms. The van der Waals surface area contributed by atoms with Gasteiger partial charge in [-0.3, -0.25) is 4.90 Å². The zero-order chi connectivity index (χ0) is 14.7. The Bertz CT molecular complexity index is 704.